The highest BCUT2D eigenvalue weighted by molar-refractivity contribution is 7.72. The molecule has 1 aliphatic heterocycles. The van der Waals surface area contributed by atoms with Crippen LogP contribution >= 0.6 is 7.14 Å². The zero-order valence-electron chi connectivity index (χ0n) is 8.39. The molecule has 1 heterocycles. The lowest BCUT2D eigenvalue weighted by Gasteiger charge is -2.19. The van der Waals surface area contributed by atoms with Crippen LogP contribution in [0.1, 0.15) is 13.3 Å². The van der Waals surface area contributed by atoms with Crippen molar-refractivity contribution in [3.8, 4) is 0 Å². The summed E-state index contributed by atoms with van der Waals surface area (Å²) in [6, 6.07) is 9.91. The quantitative estimate of drug-likeness (QED) is 0.537. The molecule has 0 amide bonds. The van der Waals surface area contributed by atoms with Crippen molar-refractivity contribution in [2.75, 3.05) is 6.16 Å². The molecule has 0 aromatic heterocycles. The van der Waals surface area contributed by atoms with Crippen LogP contribution in [0.4, 0.5) is 0 Å². The van der Waals surface area contributed by atoms with Crippen LogP contribution in [-0.2, 0) is 4.57 Å². The van der Waals surface area contributed by atoms with Crippen LogP contribution in [0.25, 0.3) is 0 Å². The van der Waals surface area contributed by atoms with E-state index in [1.807, 2.05) is 30.3 Å². The van der Waals surface area contributed by atoms with Crippen LogP contribution in [0, 0.1) is 0 Å². The van der Waals surface area contributed by atoms with E-state index in [4.69, 9.17) is 0 Å². The molecule has 2 rings (SSSR count). The second-order valence-corrected chi connectivity index (χ2v) is 6.85. The Bertz CT molecular complexity index is 381. The third-order valence-corrected chi connectivity index (χ3v) is 6.42. The highest BCUT2D eigenvalue weighted by atomic mass is 31.2. The SMILES string of the molecule is CC[C@H]1C=CC[P@]1(=O)c1ccccc1. The highest BCUT2D eigenvalue weighted by Gasteiger charge is 2.34. The van der Waals surface area contributed by atoms with E-state index in [-0.39, 0.29) is 5.66 Å². The van der Waals surface area contributed by atoms with E-state index in [0.717, 1.165) is 17.9 Å². The largest absolute Gasteiger partial charge is 0.318 e. The molecule has 0 aliphatic carbocycles. The van der Waals surface area contributed by atoms with E-state index < -0.39 is 7.14 Å². The minimum Gasteiger partial charge on any atom is -0.318 e. The summed E-state index contributed by atoms with van der Waals surface area (Å²) in [4.78, 5) is 0. The first-order valence-electron chi connectivity index (χ1n) is 5.08. The lowest BCUT2D eigenvalue weighted by Crippen LogP contribution is -2.13. The van der Waals surface area contributed by atoms with Crippen molar-refractivity contribution >= 4 is 12.4 Å². The third-order valence-electron chi connectivity index (χ3n) is 2.88. The van der Waals surface area contributed by atoms with Crippen molar-refractivity contribution in [2.45, 2.75) is 19.0 Å². The van der Waals surface area contributed by atoms with Crippen LogP contribution in [0.3, 0.4) is 0 Å². The number of hydrogen-bond acceptors (Lipinski definition) is 1. The van der Waals surface area contributed by atoms with Crippen molar-refractivity contribution in [2.24, 2.45) is 0 Å². The second-order valence-electron chi connectivity index (χ2n) is 3.72. The summed E-state index contributed by atoms with van der Waals surface area (Å²) in [6.45, 7) is 2.11. The Hall–Kier alpha value is -0.810. The van der Waals surface area contributed by atoms with Gasteiger partial charge in [0.1, 0.15) is 7.14 Å². The van der Waals surface area contributed by atoms with E-state index in [9.17, 15) is 4.57 Å². The Morgan fingerprint density at radius 1 is 1.36 bits per heavy atom. The van der Waals surface area contributed by atoms with E-state index in [2.05, 4.69) is 19.1 Å². The zero-order chi connectivity index (χ0) is 10.0. The van der Waals surface area contributed by atoms with Crippen LogP contribution < -0.4 is 5.30 Å². The second kappa shape index (κ2) is 3.74. The Morgan fingerprint density at radius 3 is 2.71 bits per heavy atom. The summed E-state index contributed by atoms with van der Waals surface area (Å²) < 4.78 is 12.7. The molecule has 0 radical (unpaired) electrons. The summed E-state index contributed by atoms with van der Waals surface area (Å²) in [5.74, 6) is 0. The fraction of sp³-hybridized carbons (Fsp3) is 0.333. The molecule has 0 N–H and O–H groups in total. The van der Waals surface area contributed by atoms with Crippen LogP contribution in [-0.4, -0.2) is 11.8 Å². The Kier molecular flexibility index (Phi) is 2.60. The van der Waals surface area contributed by atoms with Gasteiger partial charge >= 0.3 is 0 Å². The molecule has 0 spiro atoms. The topological polar surface area (TPSA) is 17.1 Å². The van der Waals surface area contributed by atoms with E-state index in [1.54, 1.807) is 0 Å². The Morgan fingerprint density at radius 2 is 2.07 bits per heavy atom. The maximum atomic E-state index is 12.7. The van der Waals surface area contributed by atoms with Gasteiger partial charge in [-0.25, -0.2) is 0 Å². The Balaban J connectivity index is 2.39. The summed E-state index contributed by atoms with van der Waals surface area (Å²) in [6.07, 6.45) is 5.91. The van der Waals surface area contributed by atoms with Crippen molar-refractivity contribution in [1.82, 2.24) is 0 Å². The van der Waals surface area contributed by atoms with Gasteiger partial charge in [0.15, 0.2) is 0 Å². The van der Waals surface area contributed by atoms with Gasteiger partial charge in [-0.15, -0.1) is 0 Å². The van der Waals surface area contributed by atoms with E-state index >= 15 is 0 Å². The normalized spacial score (nSPS) is 30.8. The molecule has 14 heavy (non-hydrogen) atoms. The average Bonchev–Trinajstić information content (AvgIpc) is 2.62. The highest BCUT2D eigenvalue weighted by Crippen LogP contribution is 2.54. The van der Waals surface area contributed by atoms with Gasteiger partial charge in [-0.2, -0.15) is 0 Å². The van der Waals surface area contributed by atoms with Gasteiger partial charge in [-0.1, -0.05) is 49.4 Å². The number of allylic oxidation sites excluding steroid dienone is 2. The van der Waals surface area contributed by atoms with Crippen LogP contribution in [0.2, 0.25) is 0 Å². The summed E-state index contributed by atoms with van der Waals surface area (Å²) in [5.41, 5.74) is 0.268. The van der Waals surface area contributed by atoms with Crippen molar-refractivity contribution in [1.29, 1.82) is 0 Å². The summed E-state index contributed by atoms with van der Waals surface area (Å²) in [5, 5.41) is 1.04. The minimum atomic E-state index is -2.14. The number of hydrogen-bond donors (Lipinski definition) is 0. The van der Waals surface area contributed by atoms with Crippen molar-refractivity contribution in [3.63, 3.8) is 0 Å². The predicted octanol–water partition coefficient (Wildman–Crippen LogP) is 3.02. The van der Waals surface area contributed by atoms with Gasteiger partial charge in [-0.3, -0.25) is 0 Å². The molecule has 0 saturated heterocycles. The number of benzene rings is 1. The third kappa shape index (κ3) is 1.46. The first-order chi connectivity index (χ1) is 6.77. The maximum Gasteiger partial charge on any atom is 0.125 e. The summed E-state index contributed by atoms with van der Waals surface area (Å²) >= 11 is 0. The first-order valence-corrected chi connectivity index (χ1v) is 7.04. The molecule has 0 fully saturated rings. The summed E-state index contributed by atoms with van der Waals surface area (Å²) in [7, 11) is -2.14. The van der Waals surface area contributed by atoms with Gasteiger partial charge in [-0.05, 0) is 6.42 Å². The van der Waals surface area contributed by atoms with Gasteiger partial charge in [0.25, 0.3) is 0 Å². The molecule has 74 valence electrons. The molecule has 0 saturated carbocycles. The van der Waals surface area contributed by atoms with Crippen molar-refractivity contribution < 1.29 is 4.57 Å². The monoisotopic (exact) mass is 206 g/mol. The number of rotatable bonds is 2. The molecule has 2 heteroatoms. The van der Waals surface area contributed by atoms with Gasteiger partial charge in [0, 0.05) is 17.1 Å². The molecule has 0 unspecified atom stereocenters. The van der Waals surface area contributed by atoms with E-state index in [1.165, 1.54) is 0 Å². The van der Waals surface area contributed by atoms with Crippen LogP contribution in [0.15, 0.2) is 42.5 Å². The molecule has 1 aromatic carbocycles. The maximum absolute atomic E-state index is 12.7. The lowest BCUT2D eigenvalue weighted by molar-refractivity contribution is 0.578. The predicted molar refractivity (Wildman–Crippen MR) is 61.8 cm³/mol. The molecule has 0 bridgehead atoms. The lowest BCUT2D eigenvalue weighted by atomic mass is 10.3. The fourth-order valence-electron chi connectivity index (χ4n) is 2.06. The van der Waals surface area contributed by atoms with Crippen LogP contribution in [0.5, 0.6) is 0 Å². The average molecular weight is 206 g/mol. The molecule has 2 atom stereocenters. The smallest absolute Gasteiger partial charge is 0.125 e. The van der Waals surface area contributed by atoms with Crippen molar-refractivity contribution in [3.05, 3.63) is 42.5 Å². The molecule has 1 nitrogen and oxygen atoms in total. The molecular formula is C12H15OP. The molecule has 1 aliphatic rings. The van der Waals surface area contributed by atoms with Gasteiger partial charge < -0.3 is 4.57 Å². The zero-order valence-corrected chi connectivity index (χ0v) is 9.28. The van der Waals surface area contributed by atoms with Gasteiger partial charge in [0.2, 0.25) is 0 Å². The molecule has 1 aromatic rings. The minimum absolute atomic E-state index is 0.268. The van der Waals surface area contributed by atoms with Gasteiger partial charge in [0.05, 0.1) is 0 Å². The Labute approximate surface area is 85.2 Å². The van der Waals surface area contributed by atoms with E-state index in [0.29, 0.717) is 0 Å². The fourth-order valence-corrected chi connectivity index (χ4v) is 5.02. The first kappa shape index (κ1) is 9.73. The molecular weight excluding hydrogens is 191 g/mol. The standard InChI is InChI=1S/C12H15OP/c1-2-11-9-6-10-14(11,13)12-7-4-3-5-8-12/h3-9,11H,2,10H2,1H3/t11-,14+/m0/s1.